The number of carbonyl (C=O) groups is 1. The van der Waals surface area contributed by atoms with Gasteiger partial charge in [0, 0.05) is 17.6 Å². The first-order chi connectivity index (χ1) is 14.9. The van der Waals surface area contributed by atoms with Crippen LogP contribution < -0.4 is 16.6 Å². The Labute approximate surface area is 178 Å². The number of anilines is 1. The molecule has 0 fully saturated rings. The topological polar surface area (TPSA) is 86.2 Å². The van der Waals surface area contributed by atoms with Gasteiger partial charge in [0.2, 0.25) is 11.5 Å². The fourth-order valence-electron chi connectivity index (χ4n) is 3.78. The molecule has 0 aliphatic carbocycles. The number of furan rings is 1. The van der Waals surface area contributed by atoms with Gasteiger partial charge in [-0.3, -0.25) is 18.7 Å². The number of hydrogen-bond acceptors (Lipinski definition) is 4. The fraction of sp³-hybridized carbons (Fsp3) is 0.292. The highest BCUT2D eigenvalue weighted by Crippen LogP contribution is 2.25. The van der Waals surface area contributed by atoms with Gasteiger partial charge >= 0.3 is 5.69 Å². The van der Waals surface area contributed by atoms with E-state index in [2.05, 4.69) is 5.32 Å². The molecule has 0 aliphatic rings. The second kappa shape index (κ2) is 8.26. The van der Waals surface area contributed by atoms with Crippen LogP contribution in [0.3, 0.4) is 0 Å². The summed E-state index contributed by atoms with van der Waals surface area (Å²) in [6.45, 7) is 5.95. The molecule has 1 amide bonds. The zero-order valence-electron chi connectivity index (χ0n) is 17.9. The third-order valence-corrected chi connectivity index (χ3v) is 5.66. The molecule has 2 heterocycles. The third kappa shape index (κ3) is 3.67. The van der Waals surface area contributed by atoms with Gasteiger partial charge in [-0.25, -0.2) is 4.79 Å². The molecule has 4 rings (SSSR count). The van der Waals surface area contributed by atoms with Crippen LogP contribution in [0.5, 0.6) is 0 Å². The van der Waals surface area contributed by atoms with Crippen molar-refractivity contribution in [1.82, 2.24) is 9.13 Å². The average Bonchev–Trinajstić information content (AvgIpc) is 3.14. The van der Waals surface area contributed by atoms with Crippen molar-refractivity contribution in [1.29, 1.82) is 0 Å². The molecule has 0 saturated carbocycles. The van der Waals surface area contributed by atoms with Crippen LogP contribution in [0.1, 0.15) is 30.9 Å². The van der Waals surface area contributed by atoms with Crippen LogP contribution in [-0.2, 0) is 17.9 Å². The van der Waals surface area contributed by atoms with Gasteiger partial charge in [0.1, 0.15) is 17.6 Å². The Hall–Kier alpha value is -3.61. The van der Waals surface area contributed by atoms with Crippen molar-refractivity contribution in [3.8, 4) is 0 Å². The van der Waals surface area contributed by atoms with E-state index in [0.717, 1.165) is 17.5 Å². The van der Waals surface area contributed by atoms with Crippen LogP contribution in [-0.4, -0.2) is 15.0 Å². The minimum atomic E-state index is -0.506. The highest BCUT2D eigenvalue weighted by molar-refractivity contribution is 6.03. The lowest BCUT2D eigenvalue weighted by molar-refractivity contribution is -0.116. The van der Waals surface area contributed by atoms with Crippen molar-refractivity contribution in [3.05, 3.63) is 74.4 Å². The van der Waals surface area contributed by atoms with Gasteiger partial charge in [-0.05, 0) is 49.6 Å². The van der Waals surface area contributed by atoms with E-state index in [1.807, 2.05) is 45.0 Å². The molecule has 1 N–H and O–H groups in total. The predicted molar refractivity (Wildman–Crippen MR) is 122 cm³/mol. The van der Waals surface area contributed by atoms with Gasteiger partial charge in [-0.1, -0.05) is 37.6 Å². The van der Waals surface area contributed by atoms with Gasteiger partial charge in [0.05, 0.1) is 0 Å². The predicted octanol–water partition coefficient (Wildman–Crippen LogP) is 3.97. The summed E-state index contributed by atoms with van der Waals surface area (Å²) >= 11 is 0. The van der Waals surface area contributed by atoms with Crippen molar-refractivity contribution >= 4 is 33.7 Å². The first-order valence-corrected chi connectivity index (χ1v) is 10.4. The number of aryl methyl sites for hydroxylation is 1. The van der Waals surface area contributed by atoms with Crippen molar-refractivity contribution in [2.45, 2.75) is 46.7 Å². The summed E-state index contributed by atoms with van der Waals surface area (Å²) in [7, 11) is 0. The zero-order chi connectivity index (χ0) is 22.1. The maximum Gasteiger partial charge on any atom is 0.332 e. The lowest BCUT2D eigenvalue weighted by Crippen LogP contribution is -2.41. The molecule has 4 aromatic rings. The standard InChI is InChI=1S/C24H25N3O4/c1-4-5-13-26-23(29)22-21(17-10-6-7-12-19(17)31-22)27(24(26)30)14-20(28)25-18-11-8-9-15(2)16(18)3/h6-12H,4-5,13-14H2,1-3H3,(H,25,28). The molecule has 7 heteroatoms. The number of carbonyl (C=O) groups excluding carboxylic acids is 1. The second-order valence-corrected chi connectivity index (χ2v) is 7.75. The first-order valence-electron chi connectivity index (χ1n) is 10.4. The Bertz CT molecular complexity index is 1410. The molecule has 160 valence electrons. The summed E-state index contributed by atoms with van der Waals surface area (Å²) < 4.78 is 8.32. The Morgan fingerprint density at radius 1 is 1.03 bits per heavy atom. The molecular weight excluding hydrogens is 394 g/mol. The monoisotopic (exact) mass is 419 g/mol. The van der Waals surface area contributed by atoms with E-state index >= 15 is 0 Å². The number of para-hydroxylation sites is 1. The first kappa shape index (κ1) is 20.7. The van der Waals surface area contributed by atoms with E-state index in [1.165, 1.54) is 9.13 Å². The Morgan fingerprint density at radius 3 is 2.58 bits per heavy atom. The molecule has 7 nitrogen and oxygen atoms in total. The number of rotatable bonds is 6. The van der Waals surface area contributed by atoms with Crippen LogP contribution in [0.2, 0.25) is 0 Å². The number of nitrogens with zero attached hydrogens (tertiary/aromatic N) is 2. The summed E-state index contributed by atoms with van der Waals surface area (Å²) in [6, 6.07) is 12.8. The lowest BCUT2D eigenvalue weighted by atomic mass is 10.1. The second-order valence-electron chi connectivity index (χ2n) is 7.75. The van der Waals surface area contributed by atoms with Gasteiger partial charge < -0.3 is 9.73 Å². The summed E-state index contributed by atoms with van der Waals surface area (Å²) in [5, 5.41) is 3.53. The maximum absolute atomic E-state index is 13.3. The number of benzene rings is 2. The number of aromatic nitrogens is 2. The Kier molecular flexibility index (Phi) is 5.50. The normalized spacial score (nSPS) is 11.3. The van der Waals surface area contributed by atoms with Gasteiger partial charge in [0.15, 0.2) is 0 Å². The van der Waals surface area contributed by atoms with Gasteiger partial charge in [0.25, 0.3) is 5.56 Å². The van der Waals surface area contributed by atoms with Crippen molar-refractivity contribution < 1.29 is 9.21 Å². The SMILES string of the molecule is CCCCn1c(=O)c2oc3ccccc3c2n(CC(=O)Nc2cccc(C)c2C)c1=O. The molecule has 0 aliphatic heterocycles. The number of amides is 1. The molecule has 2 aromatic heterocycles. The zero-order valence-corrected chi connectivity index (χ0v) is 17.9. The van der Waals surface area contributed by atoms with Crippen LogP contribution in [0.15, 0.2) is 56.5 Å². The molecular formula is C24H25N3O4. The molecule has 0 saturated heterocycles. The van der Waals surface area contributed by atoms with Crippen LogP contribution in [0.4, 0.5) is 5.69 Å². The largest absolute Gasteiger partial charge is 0.449 e. The molecule has 31 heavy (non-hydrogen) atoms. The minimum absolute atomic E-state index is 0.0939. The summed E-state index contributed by atoms with van der Waals surface area (Å²) in [4.78, 5) is 39.2. The summed E-state index contributed by atoms with van der Waals surface area (Å²) in [6.07, 6.45) is 1.51. The fourth-order valence-corrected chi connectivity index (χ4v) is 3.78. The quantitative estimate of drug-likeness (QED) is 0.512. The number of unbranched alkanes of at least 4 members (excludes halogenated alkanes) is 1. The highest BCUT2D eigenvalue weighted by atomic mass is 16.3. The van der Waals surface area contributed by atoms with E-state index in [9.17, 15) is 14.4 Å². The number of fused-ring (bicyclic) bond motifs is 3. The van der Waals surface area contributed by atoms with Gasteiger partial charge in [-0.15, -0.1) is 0 Å². The van der Waals surface area contributed by atoms with E-state index in [1.54, 1.807) is 18.2 Å². The van der Waals surface area contributed by atoms with Crippen molar-refractivity contribution in [2.75, 3.05) is 5.32 Å². The van der Waals surface area contributed by atoms with Crippen LogP contribution >= 0.6 is 0 Å². The smallest absolute Gasteiger partial charge is 0.332 e. The minimum Gasteiger partial charge on any atom is -0.449 e. The number of nitrogens with one attached hydrogen (secondary N) is 1. The third-order valence-electron chi connectivity index (χ3n) is 5.66. The van der Waals surface area contributed by atoms with Gasteiger partial charge in [-0.2, -0.15) is 0 Å². The van der Waals surface area contributed by atoms with Crippen LogP contribution in [0, 0.1) is 13.8 Å². The maximum atomic E-state index is 13.3. The average molecular weight is 419 g/mol. The number of hydrogen-bond donors (Lipinski definition) is 1. The van der Waals surface area contributed by atoms with E-state index < -0.39 is 11.2 Å². The lowest BCUT2D eigenvalue weighted by Gasteiger charge is -2.13. The molecule has 0 spiro atoms. The van der Waals surface area contributed by atoms with E-state index in [4.69, 9.17) is 4.42 Å². The molecule has 0 atom stereocenters. The van der Waals surface area contributed by atoms with Crippen molar-refractivity contribution in [2.24, 2.45) is 0 Å². The molecule has 0 radical (unpaired) electrons. The molecule has 0 bridgehead atoms. The Balaban J connectivity index is 1.85. The van der Waals surface area contributed by atoms with Crippen LogP contribution in [0.25, 0.3) is 22.1 Å². The van der Waals surface area contributed by atoms with E-state index in [0.29, 0.717) is 28.6 Å². The molecule has 2 aromatic carbocycles. The summed E-state index contributed by atoms with van der Waals surface area (Å²) in [5.74, 6) is -0.344. The molecule has 0 unspecified atom stereocenters. The van der Waals surface area contributed by atoms with Crippen molar-refractivity contribution in [3.63, 3.8) is 0 Å². The van der Waals surface area contributed by atoms with E-state index in [-0.39, 0.29) is 24.6 Å². The summed E-state index contributed by atoms with van der Waals surface area (Å²) in [5.41, 5.74) is 2.72. The Morgan fingerprint density at radius 2 is 1.81 bits per heavy atom. The highest BCUT2D eigenvalue weighted by Gasteiger charge is 2.21.